The molecule has 6 rings (SSSR count). The molecule has 0 aliphatic heterocycles. The van der Waals surface area contributed by atoms with Crippen molar-refractivity contribution in [2.75, 3.05) is 0 Å². The Morgan fingerprint density at radius 3 is 1.36 bits per heavy atom. The summed E-state index contributed by atoms with van der Waals surface area (Å²) in [5.41, 5.74) is 3.83. The van der Waals surface area contributed by atoms with Gasteiger partial charge in [-0.3, -0.25) is 0 Å². The van der Waals surface area contributed by atoms with E-state index in [0.29, 0.717) is 0 Å². The fourth-order valence-corrected chi connectivity index (χ4v) is 23.0. The van der Waals surface area contributed by atoms with Gasteiger partial charge in [-0.2, -0.15) is 0 Å². The number of hydrogen-bond donors (Lipinski definition) is 0. The Morgan fingerprint density at radius 2 is 0.976 bits per heavy atom. The fourth-order valence-electron chi connectivity index (χ4n) is 7.11. The summed E-state index contributed by atoms with van der Waals surface area (Å²) in [5.74, 6) is -2.44. The topological polar surface area (TPSA) is 52.6 Å². The first-order valence-corrected chi connectivity index (χ1v) is 24.0. The molecule has 0 heterocycles. The van der Waals surface area contributed by atoms with Gasteiger partial charge in [0.25, 0.3) is 0 Å². The molecule has 4 aromatic carbocycles. The standard InChI is InChI=1S/2C9H7.2C7H5FO2.2CH3.H2Si.Ti/c2*1-2-5-9-7-3-6-8(9)4-1;2*8-6-3-1-5(2-4-6)7(9)10;;;;/h2*1-7H;2*1-4H,(H,9,10);2*1H3;1H2;/q;;;;;;;+2/p-2. The van der Waals surface area contributed by atoms with Crippen LogP contribution in [-0.4, -0.2) is 19.6 Å². The van der Waals surface area contributed by atoms with Gasteiger partial charge in [0.05, 0.1) is 0 Å². The number of carbonyl (C=O) groups is 2. The number of allylic oxidation sites excluding steroid dienone is 2. The zero-order valence-electron chi connectivity index (χ0n) is 23.3. The quantitative estimate of drug-likeness (QED) is 0.208. The van der Waals surface area contributed by atoms with Gasteiger partial charge in [-0.1, -0.05) is 0 Å². The van der Waals surface area contributed by atoms with Gasteiger partial charge in [-0.15, -0.1) is 0 Å². The van der Waals surface area contributed by atoms with E-state index in [-0.39, 0.29) is 11.1 Å². The van der Waals surface area contributed by atoms with Gasteiger partial charge in [0.2, 0.25) is 0 Å². The molecule has 0 radical (unpaired) electrons. The van der Waals surface area contributed by atoms with E-state index in [9.17, 15) is 18.4 Å². The van der Waals surface area contributed by atoms with Crippen molar-refractivity contribution < 1.29 is 37.3 Å². The number of benzene rings is 4. The van der Waals surface area contributed by atoms with Crippen molar-refractivity contribution in [3.8, 4) is 0 Å². The summed E-state index contributed by atoms with van der Waals surface area (Å²) >= 11 is -6.84. The molecule has 0 saturated carbocycles. The van der Waals surface area contributed by atoms with Crippen LogP contribution < -0.4 is 0 Å². The number of rotatable bonds is 6. The molecule has 4 nitrogen and oxygen atoms in total. The Kier molecular flexibility index (Phi) is 5.76. The molecule has 4 aromatic rings. The van der Waals surface area contributed by atoms with Crippen LogP contribution in [0.25, 0.3) is 12.2 Å². The summed E-state index contributed by atoms with van der Waals surface area (Å²) in [5, 5.41) is 3.71. The number of halogens is 2. The summed E-state index contributed by atoms with van der Waals surface area (Å²) in [6.07, 6.45) is 7.87. The van der Waals surface area contributed by atoms with Gasteiger partial charge in [-0.05, 0) is 0 Å². The fraction of sp³-hybridized carbons (Fsp3) is 0.118. The Balaban J connectivity index is 1.69. The van der Waals surface area contributed by atoms with Crippen molar-refractivity contribution in [1.29, 1.82) is 0 Å². The van der Waals surface area contributed by atoms with E-state index < -0.39 is 44.3 Å². The Hall–Kier alpha value is -3.91. The third-order valence-electron chi connectivity index (χ3n) is 9.37. The van der Waals surface area contributed by atoms with Gasteiger partial charge < -0.3 is 0 Å². The number of hydrogen-bond acceptors (Lipinski definition) is 4. The van der Waals surface area contributed by atoms with Gasteiger partial charge in [-0.25, -0.2) is 0 Å². The predicted octanol–water partition coefficient (Wildman–Crippen LogP) is 7.75. The van der Waals surface area contributed by atoms with Crippen molar-refractivity contribution >= 4 is 31.7 Å². The van der Waals surface area contributed by atoms with Gasteiger partial charge in [0, 0.05) is 0 Å². The SMILES string of the molecule is [CH3][Ti]([CH3])(=[SiH2])([O]C(=O)c1ccc(F)cc1)([O]C(=O)c1ccc(F)cc1)([CH]1C=Cc2ccccc21)[CH]1C=Cc2ccccc21. The number of carbonyl (C=O) groups excluding carboxylic acids is 2. The van der Waals surface area contributed by atoms with Crippen LogP contribution in [-0.2, 0) is 18.9 Å². The summed E-state index contributed by atoms with van der Waals surface area (Å²) in [7, 11) is 1.50. The minimum atomic E-state index is -6.84. The maximum atomic E-state index is 14.3. The first kappa shape index (κ1) is 28.2. The van der Waals surface area contributed by atoms with Crippen LogP contribution >= 0.6 is 0 Å². The molecule has 42 heavy (non-hydrogen) atoms. The monoisotopic (exact) mass is 616 g/mol. The summed E-state index contributed by atoms with van der Waals surface area (Å²) in [6, 6.07) is 25.8. The molecule has 0 N–H and O–H groups in total. The van der Waals surface area contributed by atoms with Crippen LogP contribution in [0, 0.1) is 11.6 Å². The molecule has 2 aliphatic rings. The normalized spacial score (nSPS) is 19.5. The van der Waals surface area contributed by atoms with Crippen molar-refractivity contribution in [3.63, 3.8) is 0 Å². The number of fused-ring (bicyclic) bond motifs is 2. The average molecular weight is 617 g/mol. The third-order valence-corrected chi connectivity index (χ3v) is 27.0. The van der Waals surface area contributed by atoms with Gasteiger partial charge in [0.15, 0.2) is 0 Å². The van der Waals surface area contributed by atoms with Crippen molar-refractivity contribution in [1.82, 2.24) is 0 Å². The van der Waals surface area contributed by atoms with Crippen LogP contribution in [0.15, 0.2) is 109 Å². The average Bonchev–Trinajstić information content (AvgIpc) is 3.60. The van der Waals surface area contributed by atoms with E-state index in [0.717, 1.165) is 22.3 Å². The molecule has 0 amide bonds. The summed E-state index contributed by atoms with van der Waals surface area (Å²) in [4.78, 5) is 28.6. The Morgan fingerprint density at radius 1 is 0.619 bits per heavy atom. The molecule has 0 fully saturated rings. The predicted molar refractivity (Wildman–Crippen MR) is 160 cm³/mol. The Labute approximate surface area is 241 Å². The molecule has 2 atom stereocenters. The summed E-state index contributed by atoms with van der Waals surface area (Å²) in [6.45, 7) is 0. The second kappa shape index (κ2) is 8.57. The maximum absolute atomic E-state index is 14.3. The van der Waals surface area contributed by atoms with E-state index >= 15 is 0 Å². The molecule has 0 spiro atoms. The minimum absolute atomic E-state index is 0.126. The van der Waals surface area contributed by atoms with Crippen LogP contribution in [0.5, 0.6) is 0 Å². The summed E-state index contributed by atoms with van der Waals surface area (Å²) < 4.78 is 40.5. The molecule has 8 heteroatoms. The van der Waals surface area contributed by atoms with E-state index in [1.807, 2.05) is 83.3 Å². The zero-order chi connectivity index (χ0) is 29.9. The molecular formula is C34H30F2O4SiTi. The van der Waals surface area contributed by atoms with E-state index in [2.05, 4.69) is 0 Å². The van der Waals surface area contributed by atoms with Crippen LogP contribution in [0.4, 0.5) is 8.78 Å². The molecule has 0 saturated heterocycles. The van der Waals surface area contributed by atoms with Gasteiger partial charge in [0.1, 0.15) is 0 Å². The molecule has 0 bridgehead atoms. The van der Waals surface area contributed by atoms with Crippen molar-refractivity contribution in [2.24, 2.45) is 0 Å². The first-order chi connectivity index (χ1) is 19.8. The van der Waals surface area contributed by atoms with E-state index in [1.165, 1.54) is 56.2 Å². The first-order valence-electron chi connectivity index (χ1n) is 13.8. The van der Waals surface area contributed by atoms with Crippen molar-refractivity contribution in [3.05, 3.63) is 154 Å². The van der Waals surface area contributed by atoms with Gasteiger partial charge >= 0.3 is 242 Å². The zero-order valence-corrected chi connectivity index (χ0v) is 26.3. The third kappa shape index (κ3) is 4.10. The van der Waals surface area contributed by atoms with E-state index in [1.54, 1.807) is 0 Å². The van der Waals surface area contributed by atoms with Crippen LogP contribution in [0.2, 0.25) is 10.5 Å². The Bertz CT molecular complexity index is 1850. The molecule has 2 unspecified atom stereocenters. The molecule has 2 aliphatic carbocycles. The van der Waals surface area contributed by atoms with E-state index in [4.69, 9.17) is 6.64 Å². The molecular weight excluding hydrogens is 586 g/mol. The second-order valence-electron chi connectivity index (χ2n) is 13.3. The van der Waals surface area contributed by atoms with Crippen LogP contribution in [0.3, 0.4) is 0 Å². The second-order valence-corrected chi connectivity index (χ2v) is 41.8. The van der Waals surface area contributed by atoms with Crippen LogP contribution in [0.1, 0.15) is 51.4 Å². The van der Waals surface area contributed by atoms with Crippen molar-refractivity contribution in [2.45, 2.75) is 18.9 Å². The molecule has 0 aromatic heterocycles. The molecule has 212 valence electrons.